The maximum Gasteiger partial charge on any atom is 0.237 e. The van der Waals surface area contributed by atoms with E-state index >= 15 is 0 Å². The molecule has 0 saturated heterocycles. The molecule has 154 valence electrons. The summed E-state index contributed by atoms with van der Waals surface area (Å²) in [5.41, 5.74) is 10.6. The zero-order valence-corrected chi connectivity index (χ0v) is 17.0. The monoisotopic (exact) mass is 400 g/mol. The van der Waals surface area contributed by atoms with Gasteiger partial charge in [-0.2, -0.15) is 5.11 Å². The molecule has 3 rings (SSSR count). The molecule has 1 amide bonds. The zero-order valence-electron chi connectivity index (χ0n) is 17.0. The molecule has 5 heteroatoms. The molecule has 2 atom stereocenters. The van der Waals surface area contributed by atoms with Gasteiger partial charge in [0.2, 0.25) is 5.91 Å². The van der Waals surface area contributed by atoms with Crippen molar-refractivity contribution in [2.75, 3.05) is 6.54 Å². The summed E-state index contributed by atoms with van der Waals surface area (Å²) in [6.45, 7) is 0.870. The molecule has 3 N–H and O–H groups in total. The molecule has 0 unspecified atom stereocenters. The Hall–Kier alpha value is -3.31. The van der Waals surface area contributed by atoms with Crippen molar-refractivity contribution in [1.82, 2.24) is 10.6 Å². The number of carbonyl (C=O) groups excluding carboxylic acids is 1. The van der Waals surface area contributed by atoms with Crippen molar-refractivity contribution in [3.05, 3.63) is 108 Å². The van der Waals surface area contributed by atoms with Crippen molar-refractivity contribution >= 4 is 5.91 Å². The largest absolute Gasteiger partial charge is 0.350 e. The van der Waals surface area contributed by atoms with Crippen molar-refractivity contribution in [3.8, 4) is 0 Å². The minimum absolute atomic E-state index is 0.0700. The van der Waals surface area contributed by atoms with Gasteiger partial charge >= 0.3 is 0 Å². The van der Waals surface area contributed by atoms with E-state index in [-0.39, 0.29) is 24.5 Å². The maximum atomic E-state index is 13.2. The minimum atomic E-state index is -0.378. The van der Waals surface area contributed by atoms with Crippen LogP contribution in [0.15, 0.2) is 96.1 Å². The zero-order chi connectivity index (χ0) is 21.0. The number of hydrogen-bond donors (Lipinski definition) is 3. The Morgan fingerprint density at radius 2 is 1.27 bits per heavy atom. The number of hydrogen-bond acceptors (Lipinski definition) is 4. The summed E-state index contributed by atoms with van der Waals surface area (Å²) < 4.78 is 0. The fourth-order valence-corrected chi connectivity index (χ4v) is 3.42. The lowest BCUT2D eigenvalue weighted by molar-refractivity contribution is -0.123. The van der Waals surface area contributed by atoms with Gasteiger partial charge in [0.15, 0.2) is 0 Å². The van der Waals surface area contributed by atoms with Gasteiger partial charge in [0.1, 0.15) is 0 Å². The van der Waals surface area contributed by atoms with Crippen LogP contribution in [0.5, 0.6) is 0 Å². The van der Waals surface area contributed by atoms with E-state index in [4.69, 9.17) is 5.53 Å². The smallest absolute Gasteiger partial charge is 0.237 e. The molecule has 0 aromatic heterocycles. The van der Waals surface area contributed by atoms with Gasteiger partial charge in [0.25, 0.3) is 0 Å². The van der Waals surface area contributed by atoms with Crippen molar-refractivity contribution in [1.29, 1.82) is 5.53 Å². The summed E-state index contributed by atoms with van der Waals surface area (Å²) in [6, 6.07) is 29.5. The Morgan fingerprint density at radius 1 is 0.767 bits per heavy atom. The highest BCUT2D eigenvalue weighted by Crippen LogP contribution is 2.08. The van der Waals surface area contributed by atoms with Crippen molar-refractivity contribution in [3.63, 3.8) is 0 Å². The van der Waals surface area contributed by atoms with Crippen molar-refractivity contribution in [2.45, 2.75) is 31.5 Å². The van der Waals surface area contributed by atoms with Crippen LogP contribution in [0.1, 0.15) is 16.7 Å². The van der Waals surface area contributed by atoms with E-state index in [9.17, 15) is 4.79 Å². The highest BCUT2D eigenvalue weighted by atomic mass is 16.2. The van der Waals surface area contributed by atoms with E-state index in [0.29, 0.717) is 19.4 Å². The van der Waals surface area contributed by atoms with Crippen LogP contribution < -0.4 is 10.6 Å². The molecule has 5 nitrogen and oxygen atoms in total. The van der Waals surface area contributed by atoms with E-state index < -0.39 is 0 Å². The quantitative estimate of drug-likeness (QED) is 0.423. The summed E-state index contributed by atoms with van der Waals surface area (Å²) in [7, 11) is 0. The van der Waals surface area contributed by atoms with E-state index in [2.05, 4.69) is 15.7 Å². The van der Waals surface area contributed by atoms with Gasteiger partial charge in [-0.05, 0) is 29.5 Å². The molecule has 0 aliphatic carbocycles. The van der Waals surface area contributed by atoms with Gasteiger partial charge in [-0.25, -0.2) is 5.53 Å². The van der Waals surface area contributed by atoms with E-state index in [1.165, 1.54) is 0 Å². The van der Waals surface area contributed by atoms with E-state index in [1.807, 2.05) is 91.0 Å². The number of rotatable bonds is 11. The topological polar surface area (TPSA) is 77.3 Å². The Morgan fingerprint density at radius 3 is 1.80 bits per heavy atom. The molecule has 0 aliphatic heterocycles. The van der Waals surface area contributed by atoms with Crippen LogP contribution in [0, 0.1) is 5.53 Å². The van der Waals surface area contributed by atoms with Crippen LogP contribution in [0.4, 0.5) is 0 Å². The molecule has 0 aliphatic rings. The molecule has 0 fully saturated rings. The first kappa shape index (κ1) is 21.4. The van der Waals surface area contributed by atoms with Crippen LogP contribution in [0.3, 0.4) is 0 Å². The van der Waals surface area contributed by atoms with Gasteiger partial charge in [0.05, 0.1) is 18.6 Å². The molecule has 0 spiro atoms. The molecule has 0 bridgehead atoms. The predicted octanol–water partition coefficient (Wildman–Crippen LogP) is 4.15. The third-order valence-corrected chi connectivity index (χ3v) is 4.98. The second kappa shape index (κ2) is 11.6. The lowest BCUT2D eigenvalue weighted by Crippen LogP contribution is -2.50. The SMILES string of the molecule is N=NC[C@@H](Cc1ccccc1)NC(=O)[C@H](Cc1ccccc1)NCc1ccccc1. The molecular formula is C25H28N4O. The minimum Gasteiger partial charge on any atom is -0.350 e. The molecule has 3 aromatic rings. The molecule has 0 saturated carbocycles. The van der Waals surface area contributed by atoms with Crippen LogP contribution in [0.25, 0.3) is 0 Å². The molecule has 0 radical (unpaired) electrons. The van der Waals surface area contributed by atoms with Gasteiger partial charge in [-0.1, -0.05) is 91.0 Å². The lowest BCUT2D eigenvalue weighted by atomic mass is 10.0. The van der Waals surface area contributed by atoms with Gasteiger partial charge in [0, 0.05) is 6.54 Å². The summed E-state index contributed by atoms with van der Waals surface area (Å²) in [5, 5.41) is 10.1. The fraction of sp³-hybridized carbons (Fsp3) is 0.240. The average Bonchev–Trinajstić information content (AvgIpc) is 2.79. The summed E-state index contributed by atoms with van der Waals surface area (Å²) in [6.07, 6.45) is 1.24. The average molecular weight is 401 g/mol. The second-order valence-electron chi connectivity index (χ2n) is 7.34. The number of amides is 1. The first-order valence-corrected chi connectivity index (χ1v) is 10.2. The highest BCUT2D eigenvalue weighted by molar-refractivity contribution is 5.82. The van der Waals surface area contributed by atoms with Crippen LogP contribution in [0.2, 0.25) is 0 Å². The third-order valence-electron chi connectivity index (χ3n) is 4.98. The van der Waals surface area contributed by atoms with Gasteiger partial charge < -0.3 is 10.6 Å². The summed E-state index contributed by atoms with van der Waals surface area (Å²) >= 11 is 0. The lowest BCUT2D eigenvalue weighted by Gasteiger charge is -2.23. The normalized spacial score (nSPS) is 12.7. The number of benzene rings is 3. The number of nitrogens with zero attached hydrogens (tertiary/aromatic N) is 1. The van der Waals surface area contributed by atoms with Crippen molar-refractivity contribution < 1.29 is 4.79 Å². The van der Waals surface area contributed by atoms with Gasteiger partial charge in [-0.15, -0.1) is 0 Å². The second-order valence-corrected chi connectivity index (χ2v) is 7.34. The van der Waals surface area contributed by atoms with Crippen LogP contribution >= 0.6 is 0 Å². The summed E-state index contributed by atoms with van der Waals surface area (Å²) in [4.78, 5) is 13.2. The predicted molar refractivity (Wildman–Crippen MR) is 119 cm³/mol. The molecular weight excluding hydrogens is 372 g/mol. The van der Waals surface area contributed by atoms with Crippen LogP contribution in [-0.4, -0.2) is 24.5 Å². The maximum absolute atomic E-state index is 13.2. The van der Waals surface area contributed by atoms with Gasteiger partial charge in [-0.3, -0.25) is 4.79 Å². The molecule has 3 aromatic carbocycles. The van der Waals surface area contributed by atoms with Crippen molar-refractivity contribution in [2.24, 2.45) is 5.11 Å². The highest BCUT2D eigenvalue weighted by Gasteiger charge is 2.22. The first-order chi connectivity index (χ1) is 14.7. The Balaban J connectivity index is 1.69. The fourth-order valence-electron chi connectivity index (χ4n) is 3.42. The van der Waals surface area contributed by atoms with Crippen LogP contribution in [-0.2, 0) is 24.2 Å². The Labute approximate surface area is 178 Å². The summed E-state index contributed by atoms with van der Waals surface area (Å²) in [5.74, 6) is -0.0700. The van der Waals surface area contributed by atoms with E-state index in [1.54, 1.807) is 0 Å². The number of nitrogens with one attached hydrogen (secondary N) is 3. The number of carbonyl (C=O) groups is 1. The molecule has 0 heterocycles. The molecule has 30 heavy (non-hydrogen) atoms. The standard InChI is InChI=1S/C25H28N4O/c26-28-19-23(16-20-10-4-1-5-11-20)29-25(30)24(17-21-12-6-2-7-13-21)27-18-22-14-8-3-9-15-22/h1-15,23-24,26-27H,16-19H2,(H,29,30)/t23-,24+/m1/s1. The third kappa shape index (κ3) is 6.94. The first-order valence-electron chi connectivity index (χ1n) is 10.2. The van der Waals surface area contributed by atoms with E-state index in [0.717, 1.165) is 16.7 Å². The Kier molecular flexibility index (Phi) is 8.30. The Bertz CT molecular complexity index is 900.